The molecule has 0 unspecified atom stereocenters. The third-order valence-corrected chi connectivity index (χ3v) is 4.06. The van der Waals surface area contributed by atoms with Gasteiger partial charge in [-0.3, -0.25) is 4.79 Å². The molecule has 1 amide bonds. The maximum Gasteiger partial charge on any atom is 0.241 e. The average Bonchev–Trinajstić information content (AvgIpc) is 2.77. The molecule has 0 spiro atoms. The molecule has 3 nitrogen and oxygen atoms in total. The van der Waals surface area contributed by atoms with E-state index in [-0.39, 0.29) is 18.3 Å². The van der Waals surface area contributed by atoms with Gasteiger partial charge in [0.25, 0.3) is 0 Å². The molecule has 0 aromatic heterocycles. The summed E-state index contributed by atoms with van der Waals surface area (Å²) in [4.78, 5) is 14.2. The first kappa shape index (κ1) is 14.6. The molecule has 1 heterocycles. The molecule has 0 atom stereocenters. The number of carbonyl (C=O) groups is 1. The average molecular weight is 298 g/mol. The molecule has 0 radical (unpaired) electrons. The van der Waals surface area contributed by atoms with Gasteiger partial charge in [-0.05, 0) is 48.2 Å². The number of hydrogen-bond donors (Lipinski definition) is 1. The predicted octanol–water partition coefficient (Wildman–Crippen LogP) is 2.87. The zero-order chi connectivity index (χ0) is 15.4. The van der Waals surface area contributed by atoms with Crippen molar-refractivity contribution in [3.8, 4) is 0 Å². The van der Waals surface area contributed by atoms with Crippen LogP contribution in [0.3, 0.4) is 0 Å². The molecule has 0 saturated heterocycles. The van der Waals surface area contributed by atoms with Gasteiger partial charge in [-0.15, -0.1) is 0 Å². The quantitative estimate of drug-likeness (QED) is 0.945. The fourth-order valence-corrected chi connectivity index (χ4v) is 2.77. The summed E-state index contributed by atoms with van der Waals surface area (Å²) in [6.07, 6.45) is 1.80. The van der Waals surface area contributed by atoms with E-state index >= 15 is 0 Å². The Hall–Kier alpha value is -2.36. The lowest BCUT2D eigenvalue weighted by molar-refractivity contribution is -0.129. The number of nitrogens with zero attached hydrogens (tertiary/aromatic N) is 1. The summed E-state index contributed by atoms with van der Waals surface area (Å²) in [5.74, 6) is -0.195. The van der Waals surface area contributed by atoms with Crippen molar-refractivity contribution < 1.29 is 9.18 Å². The number of hydrogen-bond acceptors (Lipinski definition) is 2. The van der Waals surface area contributed by atoms with E-state index in [1.54, 1.807) is 12.1 Å². The molecule has 114 valence electrons. The van der Waals surface area contributed by atoms with Gasteiger partial charge in [0.1, 0.15) is 5.82 Å². The van der Waals surface area contributed by atoms with E-state index < -0.39 is 0 Å². The summed E-state index contributed by atoms with van der Waals surface area (Å²) < 4.78 is 12.8. The molecule has 3 rings (SSSR count). The van der Waals surface area contributed by atoms with Crippen LogP contribution in [0.25, 0.3) is 0 Å². The van der Waals surface area contributed by atoms with Gasteiger partial charge < -0.3 is 10.2 Å². The Morgan fingerprint density at radius 3 is 2.18 bits per heavy atom. The zero-order valence-corrected chi connectivity index (χ0v) is 12.4. The van der Waals surface area contributed by atoms with Crippen LogP contribution in [0.15, 0.2) is 48.5 Å². The second-order valence-electron chi connectivity index (χ2n) is 5.51. The number of rotatable bonds is 3. The number of nitrogens with one attached hydrogen (secondary N) is 1. The van der Waals surface area contributed by atoms with Crippen molar-refractivity contribution in [3.63, 3.8) is 0 Å². The third kappa shape index (κ3) is 3.45. The molecular weight excluding hydrogens is 279 g/mol. The molecule has 0 aliphatic carbocycles. The lowest BCUT2D eigenvalue weighted by atomic mass is 10.0. The number of anilines is 1. The second kappa shape index (κ2) is 6.60. The van der Waals surface area contributed by atoms with Gasteiger partial charge in [0.2, 0.25) is 5.91 Å². The van der Waals surface area contributed by atoms with Crippen LogP contribution in [0.4, 0.5) is 10.1 Å². The second-order valence-corrected chi connectivity index (χ2v) is 5.51. The fraction of sp³-hybridized carbons (Fsp3) is 0.278. The minimum Gasteiger partial charge on any atom is -0.376 e. The SMILES string of the molecule is O=C(CNc1ccc(F)cc1)N1CCc2ccccc2CC1. The van der Waals surface area contributed by atoms with E-state index in [9.17, 15) is 9.18 Å². The standard InChI is InChI=1S/C18H19FN2O/c19-16-5-7-17(8-6-16)20-13-18(22)21-11-9-14-3-1-2-4-15(14)10-12-21/h1-8,20H,9-13H2. The lowest BCUT2D eigenvalue weighted by Gasteiger charge is -2.20. The molecular formula is C18H19FN2O. The molecule has 2 aromatic carbocycles. The molecule has 4 heteroatoms. The van der Waals surface area contributed by atoms with Crippen molar-refractivity contribution in [2.45, 2.75) is 12.8 Å². The number of amides is 1. The highest BCUT2D eigenvalue weighted by molar-refractivity contribution is 5.81. The fourth-order valence-electron chi connectivity index (χ4n) is 2.77. The van der Waals surface area contributed by atoms with Crippen LogP contribution in [-0.2, 0) is 17.6 Å². The van der Waals surface area contributed by atoms with Crippen molar-refractivity contribution in [1.82, 2.24) is 4.90 Å². The first-order valence-corrected chi connectivity index (χ1v) is 7.56. The third-order valence-electron chi connectivity index (χ3n) is 4.06. The topological polar surface area (TPSA) is 32.3 Å². The van der Waals surface area contributed by atoms with E-state index in [1.807, 2.05) is 17.0 Å². The van der Waals surface area contributed by atoms with Crippen LogP contribution in [0.5, 0.6) is 0 Å². The van der Waals surface area contributed by atoms with Crippen molar-refractivity contribution in [3.05, 3.63) is 65.5 Å². The Morgan fingerprint density at radius 2 is 1.59 bits per heavy atom. The highest BCUT2D eigenvalue weighted by atomic mass is 19.1. The highest BCUT2D eigenvalue weighted by Gasteiger charge is 2.17. The van der Waals surface area contributed by atoms with Gasteiger partial charge >= 0.3 is 0 Å². The van der Waals surface area contributed by atoms with Crippen LogP contribution >= 0.6 is 0 Å². The Balaban J connectivity index is 1.56. The number of fused-ring (bicyclic) bond motifs is 1. The Morgan fingerprint density at radius 1 is 1.00 bits per heavy atom. The molecule has 2 aromatic rings. The first-order valence-electron chi connectivity index (χ1n) is 7.56. The van der Waals surface area contributed by atoms with Crippen LogP contribution in [0.2, 0.25) is 0 Å². The molecule has 22 heavy (non-hydrogen) atoms. The molecule has 1 N–H and O–H groups in total. The van der Waals surface area contributed by atoms with Gasteiger partial charge in [0.15, 0.2) is 0 Å². The lowest BCUT2D eigenvalue weighted by Crippen LogP contribution is -2.37. The van der Waals surface area contributed by atoms with Crippen molar-refractivity contribution in [2.24, 2.45) is 0 Å². The Labute approximate surface area is 129 Å². The van der Waals surface area contributed by atoms with E-state index in [1.165, 1.54) is 23.3 Å². The van der Waals surface area contributed by atoms with Gasteiger partial charge in [0, 0.05) is 18.8 Å². The maximum atomic E-state index is 12.8. The minimum atomic E-state index is -0.276. The molecule has 1 aliphatic rings. The first-order chi connectivity index (χ1) is 10.7. The van der Waals surface area contributed by atoms with Crippen molar-refractivity contribution in [2.75, 3.05) is 25.0 Å². The normalized spacial score (nSPS) is 14.1. The Bertz CT molecular complexity index is 627. The summed E-state index contributed by atoms with van der Waals surface area (Å²) in [5.41, 5.74) is 3.43. The van der Waals surface area contributed by atoms with Crippen molar-refractivity contribution in [1.29, 1.82) is 0 Å². The van der Waals surface area contributed by atoms with Gasteiger partial charge in [-0.25, -0.2) is 4.39 Å². The van der Waals surface area contributed by atoms with Crippen LogP contribution in [0, 0.1) is 5.82 Å². The summed E-state index contributed by atoms with van der Waals surface area (Å²) in [7, 11) is 0. The summed E-state index contributed by atoms with van der Waals surface area (Å²) >= 11 is 0. The molecule has 0 fully saturated rings. The molecule has 1 aliphatic heterocycles. The van der Waals surface area contributed by atoms with E-state index in [2.05, 4.69) is 17.4 Å². The zero-order valence-electron chi connectivity index (χ0n) is 12.4. The maximum absolute atomic E-state index is 12.8. The number of benzene rings is 2. The van der Waals surface area contributed by atoms with E-state index in [0.29, 0.717) is 0 Å². The van der Waals surface area contributed by atoms with Crippen molar-refractivity contribution >= 4 is 11.6 Å². The predicted molar refractivity (Wildman–Crippen MR) is 85.3 cm³/mol. The molecule has 0 bridgehead atoms. The monoisotopic (exact) mass is 298 g/mol. The van der Waals surface area contributed by atoms with Gasteiger partial charge in [-0.2, -0.15) is 0 Å². The summed E-state index contributed by atoms with van der Waals surface area (Å²) in [6, 6.07) is 14.4. The summed E-state index contributed by atoms with van der Waals surface area (Å²) in [6.45, 7) is 1.74. The smallest absolute Gasteiger partial charge is 0.241 e. The largest absolute Gasteiger partial charge is 0.376 e. The van der Waals surface area contributed by atoms with Crippen LogP contribution in [0.1, 0.15) is 11.1 Å². The number of carbonyl (C=O) groups excluding carboxylic acids is 1. The summed E-state index contributed by atoms with van der Waals surface area (Å²) in [5, 5.41) is 3.05. The van der Waals surface area contributed by atoms with Gasteiger partial charge in [-0.1, -0.05) is 24.3 Å². The van der Waals surface area contributed by atoms with Gasteiger partial charge in [0.05, 0.1) is 6.54 Å². The van der Waals surface area contributed by atoms with E-state index in [4.69, 9.17) is 0 Å². The highest BCUT2D eigenvalue weighted by Crippen LogP contribution is 2.16. The van der Waals surface area contributed by atoms with Crippen LogP contribution < -0.4 is 5.32 Å². The van der Waals surface area contributed by atoms with E-state index in [0.717, 1.165) is 31.6 Å². The number of halogens is 1. The van der Waals surface area contributed by atoms with Crippen LogP contribution in [-0.4, -0.2) is 30.4 Å². The Kier molecular flexibility index (Phi) is 4.37. The molecule has 0 saturated carbocycles. The minimum absolute atomic E-state index is 0.0807.